The molecule has 2 heterocycles. The average molecular weight is 281 g/mol. The first-order valence-corrected chi connectivity index (χ1v) is 7.79. The molecular formula is C9H13ClN2O2S2. The molecule has 1 aliphatic heterocycles. The van der Waals surface area contributed by atoms with Gasteiger partial charge in [-0.2, -0.15) is 4.31 Å². The van der Waals surface area contributed by atoms with Crippen molar-refractivity contribution >= 4 is 33.0 Å². The minimum atomic E-state index is -3.36. The Bertz CT molecular complexity index is 472. The van der Waals surface area contributed by atoms with Crippen molar-refractivity contribution in [3.8, 4) is 0 Å². The molecule has 1 aromatic rings. The fourth-order valence-corrected chi connectivity index (χ4v) is 4.81. The van der Waals surface area contributed by atoms with E-state index in [1.54, 1.807) is 0 Å². The van der Waals surface area contributed by atoms with Gasteiger partial charge in [-0.25, -0.2) is 13.4 Å². The zero-order valence-corrected chi connectivity index (χ0v) is 11.3. The van der Waals surface area contributed by atoms with Crippen molar-refractivity contribution in [1.29, 1.82) is 0 Å². The van der Waals surface area contributed by atoms with E-state index in [0.717, 1.165) is 24.2 Å². The summed E-state index contributed by atoms with van der Waals surface area (Å²) in [5.41, 5.74) is 0. The summed E-state index contributed by atoms with van der Waals surface area (Å²) in [6, 6.07) is 0. The van der Waals surface area contributed by atoms with Crippen molar-refractivity contribution < 1.29 is 8.42 Å². The lowest BCUT2D eigenvalue weighted by Crippen LogP contribution is -2.28. The van der Waals surface area contributed by atoms with Gasteiger partial charge in [-0.15, -0.1) is 0 Å². The van der Waals surface area contributed by atoms with Crippen LogP contribution in [0.4, 0.5) is 0 Å². The second-order valence-corrected chi connectivity index (χ2v) is 7.64. The van der Waals surface area contributed by atoms with Crippen LogP contribution in [0.25, 0.3) is 0 Å². The molecule has 0 N–H and O–H groups in total. The van der Waals surface area contributed by atoms with Crippen molar-refractivity contribution in [1.82, 2.24) is 9.29 Å². The molecule has 0 radical (unpaired) electrons. The van der Waals surface area contributed by atoms with Gasteiger partial charge in [0.25, 0.3) is 10.0 Å². The molecule has 1 saturated heterocycles. The first-order valence-electron chi connectivity index (χ1n) is 5.15. The van der Waals surface area contributed by atoms with E-state index in [1.165, 1.54) is 10.5 Å². The third kappa shape index (κ3) is 2.25. The molecular weight excluding hydrogens is 268 g/mol. The summed E-state index contributed by atoms with van der Waals surface area (Å²) >= 11 is 6.67. The van der Waals surface area contributed by atoms with E-state index in [2.05, 4.69) is 11.9 Å². The van der Waals surface area contributed by atoms with Gasteiger partial charge in [0.15, 0.2) is 8.68 Å². The van der Waals surface area contributed by atoms with Crippen LogP contribution in [0, 0.1) is 5.92 Å². The molecule has 16 heavy (non-hydrogen) atoms. The third-order valence-electron chi connectivity index (χ3n) is 2.88. The van der Waals surface area contributed by atoms with Crippen molar-refractivity contribution in [3.05, 3.63) is 10.7 Å². The predicted octanol–water partition coefficient (Wildman–Crippen LogP) is 2.22. The molecule has 0 aliphatic carbocycles. The lowest BCUT2D eigenvalue weighted by molar-refractivity contribution is 0.454. The first kappa shape index (κ1) is 12.3. The Balaban J connectivity index is 2.21. The van der Waals surface area contributed by atoms with Gasteiger partial charge in [0.2, 0.25) is 0 Å². The Morgan fingerprint density at radius 1 is 1.69 bits per heavy atom. The van der Waals surface area contributed by atoms with Gasteiger partial charge in [0.05, 0.1) is 6.20 Å². The van der Waals surface area contributed by atoms with Crippen molar-refractivity contribution in [2.24, 2.45) is 5.92 Å². The summed E-state index contributed by atoms with van der Waals surface area (Å²) in [6.07, 6.45) is 3.30. The van der Waals surface area contributed by atoms with Crippen molar-refractivity contribution in [2.45, 2.75) is 24.0 Å². The van der Waals surface area contributed by atoms with Crippen LogP contribution in [0.1, 0.15) is 19.8 Å². The van der Waals surface area contributed by atoms with Crippen LogP contribution in [0.3, 0.4) is 0 Å². The molecule has 1 aliphatic rings. The summed E-state index contributed by atoms with van der Waals surface area (Å²) in [5.74, 6) is 0.484. The maximum atomic E-state index is 12.1. The Hall–Kier alpha value is -0.170. The summed E-state index contributed by atoms with van der Waals surface area (Å²) in [6.45, 7) is 3.31. The molecule has 1 unspecified atom stereocenters. The van der Waals surface area contributed by atoms with E-state index in [0.29, 0.717) is 19.0 Å². The normalized spacial score (nSPS) is 22.8. The van der Waals surface area contributed by atoms with Gasteiger partial charge in [-0.3, -0.25) is 0 Å². The van der Waals surface area contributed by atoms with E-state index in [9.17, 15) is 8.42 Å². The van der Waals surface area contributed by atoms with E-state index >= 15 is 0 Å². The number of nitrogens with zero attached hydrogens (tertiary/aromatic N) is 2. The van der Waals surface area contributed by atoms with Gasteiger partial charge in [0, 0.05) is 13.1 Å². The smallest absolute Gasteiger partial charge is 0.232 e. The minimum Gasteiger partial charge on any atom is -0.232 e. The highest BCUT2D eigenvalue weighted by atomic mass is 35.5. The number of sulfonamides is 1. The van der Waals surface area contributed by atoms with Crippen LogP contribution in [0.15, 0.2) is 10.4 Å². The summed E-state index contributed by atoms with van der Waals surface area (Å²) < 4.78 is 26.3. The fourth-order valence-electron chi connectivity index (χ4n) is 1.83. The molecule has 0 aromatic carbocycles. The van der Waals surface area contributed by atoms with Gasteiger partial charge in [-0.05, 0) is 12.3 Å². The second-order valence-electron chi connectivity index (χ2n) is 3.86. The maximum Gasteiger partial charge on any atom is 0.254 e. The lowest BCUT2D eigenvalue weighted by atomic mass is 10.1. The third-order valence-corrected chi connectivity index (χ3v) is 6.29. The average Bonchev–Trinajstić information content (AvgIpc) is 2.85. The van der Waals surface area contributed by atoms with Gasteiger partial charge in [-0.1, -0.05) is 36.3 Å². The predicted molar refractivity (Wildman–Crippen MR) is 64.3 cm³/mol. The molecule has 4 nitrogen and oxygen atoms in total. The minimum absolute atomic E-state index is 0.245. The lowest BCUT2D eigenvalue weighted by Gasteiger charge is -2.14. The molecule has 1 atom stereocenters. The highest BCUT2D eigenvalue weighted by Gasteiger charge is 2.32. The molecule has 7 heteroatoms. The van der Waals surface area contributed by atoms with Gasteiger partial charge >= 0.3 is 0 Å². The number of hydrogen-bond acceptors (Lipinski definition) is 4. The zero-order valence-electron chi connectivity index (χ0n) is 8.89. The van der Waals surface area contributed by atoms with Gasteiger partial charge < -0.3 is 0 Å². The number of halogens is 1. The number of aromatic nitrogens is 1. The molecule has 2 rings (SSSR count). The van der Waals surface area contributed by atoms with Crippen LogP contribution in [-0.4, -0.2) is 30.8 Å². The van der Waals surface area contributed by atoms with Crippen molar-refractivity contribution in [3.63, 3.8) is 0 Å². The topological polar surface area (TPSA) is 50.3 Å². The zero-order chi connectivity index (χ0) is 11.8. The second kappa shape index (κ2) is 4.60. The van der Waals surface area contributed by atoms with Crippen molar-refractivity contribution in [2.75, 3.05) is 13.1 Å². The van der Waals surface area contributed by atoms with Crippen LogP contribution in [-0.2, 0) is 10.0 Å². The van der Waals surface area contributed by atoms with Crippen LogP contribution >= 0.6 is 22.9 Å². The first-order chi connectivity index (χ1) is 7.54. The van der Waals surface area contributed by atoms with E-state index in [4.69, 9.17) is 11.6 Å². The molecule has 0 spiro atoms. The Kier molecular flexibility index (Phi) is 3.53. The standard InChI is InChI=1S/C9H13ClN2O2S2/c1-2-7-3-4-12(6-7)16(13,14)8-5-11-9(10)15-8/h5,7H,2-4,6H2,1H3. The van der Waals surface area contributed by atoms with E-state index in [1.807, 2.05) is 0 Å². The Morgan fingerprint density at radius 3 is 2.94 bits per heavy atom. The molecule has 0 saturated carbocycles. The number of thiazole rings is 1. The molecule has 1 aromatic heterocycles. The maximum absolute atomic E-state index is 12.1. The quantitative estimate of drug-likeness (QED) is 0.853. The van der Waals surface area contributed by atoms with Crippen LogP contribution < -0.4 is 0 Å². The summed E-state index contributed by atoms with van der Waals surface area (Å²) in [4.78, 5) is 3.77. The number of hydrogen-bond donors (Lipinski definition) is 0. The van der Waals surface area contributed by atoms with Crippen LogP contribution in [0.2, 0.25) is 4.47 Å². The summed E-state index contributed by atoms with van der Waals surface area (Å²) in [5, 5.41) is 0. The van der Waals surface area contributed by atoms with Gasteiger partial charge in [0.1, 0.15) is 0 Å². The SMILES string of the molecule is CCC1CCN(S(=O)(=O)c2cnc(Cl)s2)C1. The van der Waals surface area contributed by atoms with Crippen LogP contribution in [0.5, 0.6) is 0 Å². The molecule has 0 bridgehead atoms. The number of rotatable bonds is 3. The highest BCUT2D eigenvalue weighted by Crippen LogP contribution is 2.29. The summed E-state index contributed by atoms with van der Waals surface area (Å²) in [7, 11) is -3.36. The van der Waals surface area contributed by atoms with E-state index in [-0.39, 0.29) is 8.68 Å². The Labute approximate surface area is 104 Å². The van der Waals surface area contributed by atoms with E-state index < -0.39 is 10.0 Å². The monoisotopic (exact) mass is 280 g/mol. The largest absolute Gasteiger partial charge is 0.254 e. The fraction of sp³-hybridized carbons (Fsp3) is 0.667. The Morgan fingerprint density at radius 2 is 2.44 bits per heavy atom. The highest BCUT2D eigenvalue weighted by molar-refractivity contribution is 7.91. The molecule has 1 fully saturated rings. The molecule has 0 amide bonds. The molecule has 90 valence electrons.